The first-order chi connectivity index (χ1) is 14.4. The van der Waals surface area contributed by atoms with Gasteiger partial charge in [0, 0.05) is 0 Å². The number of carbonyl (C=O) groups excluding carboxylic acids is 1. The number of para-hydroxylation sites is 1. The van der Waals surface area contributed by atoms with Gasteiger partial charge in [0.2, 0.25) is 15.9 Å². The lowest BCUT2D eigenvalue weighted by Gasteiger charge is -2.28. The van der Waals surface area contributed by atoms with Crippen molar-refractivity contribution < 1.29 is 22.7 Å². The fraction of sp³-hybridized carbons (Fsp3) is 0.435. The Labute approximate surface area is 185 Å². The number of rotatable bonds is 9. The fourth-order valence-electron chi connectivity index (χ4n) is 3.23. The van der Waals surface area contributed by atoms with Gasteiger partial charge in [0.05, 0.1) is 25.6 Å². The first-order valence-electron chi connectivity index (χ1n) is 10.1. The molecule has 1 N–H and O–H groups in total. The highest BCUT2D eigenvalue weighted by Gasteiger charge is 2.29. The van der Waals surface area contributed by atoms with E-state index in [2.05, 4.69) is 26.1 Å². The Morgan fingerprint density at radius 2 is 1.71 bits per heavy atom. The van der Waals surface area contributed by atoms with E-state index in [9.17, 15) is 13.2 Å². The Bertz CT molecular complexity index is 982. The summed E-state index contributed by atoms with van der Waals surface area (Å²) >= 11 is 0. The van der Waals surface area contributed by atoms with Crippen LogP contribution in [0.5, 0.6) is 11.5 Å². The summed E-state index contributed by atoms with van der Waals surface area (Å²) in [5.41, 5.74) is 1.40. The van der Waals surface area contributed by atoms with Crippen LogP contribution in [0.2, 0.25) is 0 Å². The van der Waals surface area contributed by atoms with Gasteiger partial charge in [-0.25, -0.2) is 8.42 Å². The Balaban J connectivity index is 2.02. The molecule has 0 heterocycles. The Morgan fingerprint density at radius 1 is 1.10 bits per heavy atom. The maximum atomic E-state index is 12.7. The molecule has 0 saturated carbocycles. The van der Waals surface area contributed by atoms with E-state index in [1.165, 1.54) is 7.11 Å². The van der Waals surface area contributed by atoms with Gasteiger partial charge < -0.3 is 14.8 Å². The summed E-state index contributed by atoms with van der Waals surface area (Å²) in [7, 11) is -2.15. The minimum absolute atomic E-state index is 0.0668. The molecule has 0 aliphatic rings. The maximum Gasteiger partial charge on any atom is 0.243 e. The summed E-state index contributed by atoms with van der Waals surface area (Å²) in [5, 5.41) is 2.76. The van der Waals surface area contributed by atoms with Crippen LogP contribution in [0.15, 0.2) is 48.5 Å². The van der Waals surface area contributed by atoms with E-state index in [0.29, 0.717) is 11.4 Å². The van der Waals surface area contributed by atoms with Gasteiger partial charge in [-0.05, 0) is 48.2 Å². The van der Waals surface area contributed by atoms with Crippen LogP contribution in [0.3, 0.4) is 0 Å². The third-order valence-electron chi connectivity index (χ3n) is 4.77. The summed E-state index contributed by atoms with van der Waals surface area (Å²) in [6.07, 6.45) is 1.08. The molecule has 1 amide bonds. The molecule has 0 aromatic heterocycles. The largest absolute Gasteiger partial charge is 0.497 e. The number of nitrogens with zero attached hydrogens (tertiary/aromatic N) is 1. The van der Waals surface area contributed by atoms with E-state index >= 15 is 0 Å². The Hall–Kier alpha value is -2.74. The van der Waals surface area contributed by atoms with E-state index < -0.39 is 22.0 Å². The molecule has 8 heteroatoms. The SMILES string of the molecule is COc1ccc(N(C(C)C(=O)NCCOc2ccccc2C(C)(C)C)S(C)(=O)=O)cc1. The lowest BCUT2D eigenvalue weighted by molar-refractivity contribution is -0.121. The molecule has 2 aromatic carbocycles. The standard InChI is InChI=1S/C23H32N2O5S/c1-17(25(31(6,27)28)18-11-13-19(29-5)14-12-18)22(26)24-15-16-30-21-10-8-7-9-20(21)23(2,3)4/h7-14,17H,15-16H2,1-6H3,(H,24,26). The quantitative estimate of drug-likeness (QED) is 0.595. The normalized spacial score (nSPS) is 12.7. The molecule has 0 saturated heterocycles. The molecular weight excluding hydrogens is 416 g/mol. The molecule has 1 unspecified atom stereocenters. The molecule has 7 nitrogen and oxygen atoms in total. The van der Waals surface area contributed by atoms with Crippen LogP contribution in [0.4, 0.5) is 5.69 Å². The highest BCUT2D eigenvalue weighted by Crippen LogP contribution is 2.30. The first-order valence-corrected chi connectivity index (χ1v) is 11.9. The third kappa shape index (κ3) is 6.62. The molecule has 170 valence electrons. The lowest BCUT2D eigenvalue weighted by Crippen LogP contribution is -2.48. The van der Waals surface area contributed by atoms with E-state index in [1.54, 1.807) is 31.2 Å². The smallest absolute Gasteiger partial charge is 0.243 e. The van der Waals surface area contributed by atoms with Gasteiger partial charge in [0.1, 0.15) is 24.1 Å². The molecule has 0 aliphatic carbocycles. The number of hydrogen-bond acceptors (Lipinski definition) is 5. The lowest BCUT2D eigenvalue weighted by atomic mass is 9.86. The van der Waals surface area contributed by atoms with Crippen LogP contribution in [-0.2, 0) is 20.2 Å². The second-order valence-electron chi connectivity index (χ2n) is 8.32. The first kappa shape index (κ1) is 24.5. The zero-order valence-corrected chi connectivity index (χ0v) is 19.8. The van der Waals surface area contributed by atoms with Crippen molar-refractivity contribution in [2.45, 2.75) is 39.2 Å². The molecule has 0 aliphatic heterocycles. The Morgan fingerprint density at radius 3 is 2.26 bits per heavy atom. The fourth-order valence-corrected chi connectivity index (χ4v) is 4.41. The summed E-state index contributed by atoms with van der Waals surface area (Å²) in [6, 6.07) is 13.4. The number of anilines is 1. The van der Waals surface area contributed by atoms with Crippen LogP contribution >= 0.6 is 0 Å². The van der Waals surface area contributed by atoms with Gasteiger partial charge in [0.25, 0.3) is 0 Å². The molecule has 0 spiro atoms. The van der Waals surface area contributed by atoms with Crippen LogP contribution in [0.25, 0.3) is 0 Å². The van der Waals surface area contributed by atoms with Crippen LogP contribution in [0.1, 0.15) is 33.3 Å². The minimum atomic E-state index is -3.68. The van der Waals surface area contributed by atoms with E-state index in [1.807, 2.05) is 24.3 Å². The summed E-state index contributed by atoms with van der Waals surface area (Å²) < 4.78 is 36.8. The van der Waals surface area contributed by atoms with Crippen molar-refractivity contribution in [1.29, 1.82) is 0 Å². The molecule has 31 heavy (non-hydrogen) atoms. The summed E-state index contributed by atoms with van der Waals surface area (Å²) in [6.45, 7) is 8.40. The number of carbonyl (C=O) groups is 1. The van der Waals surface area contributed by atoms with Crippen LogP contribution in [-0.4, -0.2) is 46.9 Å². The molecule has 2 aromatic rings. The zero-order valence-electron chi connectivity index (χ0n) is 19.0. The third-order valence-corrected chi connectivity index (χ3v) is 6.01. The average molecular weight is 449 g/mol. The van der Waals surface area contributed by atoms with Crippen molar-refractivity contribution >= 4 is 21.6 Å². The van der Waals surface area contributed by atoms with Gasteiger partial charge in [0.15, 0.2) is 0 Å². The van der Waals surface area contributed by atoms with Crippen molar-refractivity contribution in [3.8, 4) is 11.5 Å². The van der Waals surface area contributed by atoms with Gasteiger partial charge in [-0.1, -0.05) is 39.0 Å². The highest BCUT2D eigenvalue weighted by molar-refractivity contribution is 7.92. The van der Waals surface area contributed by atoms with Crippen molar-refractivity contribution in [2.75, 3.05) is 30.8 Å². The summed E-state index contributed by atoms with van der Waals surface area (Å²) in [5.74, 6) is 0.962. The van der Waals surface area contributed by atoms with Crippen LogP contribution in [0, 0.1) is 0 Å². The van der Waals surface area contributed by atoms with Crippen molar-refractivity contribution in [3.05, 3.63) is 54.1 Å². The maximum absolute atomic E-state index is 12.7. The number of nitrogens with one attached hydrogen (secondary N) is 1. The van der Waals surface area contributed by atoms with Crippen molar-refractivity contribution in [1.82, 2.24) is 5.32 Å². The predicted octanol–water partition coefficient (Wildman–Crippen LogP) is 3.34. The number of methoxy groups -OCH3 is 1. The minimum Gasteiger partial charge on any atom is -0.497 e. The number of ether oxygens (including phenoxy) is 2. The zero-order chi connectivity index (χ0) is 23.2. The molecule has 0 fully saturated rings. The number of amides is 1. The van der Waals surface area contributed by atoms with Crippen molar-refractivity contribution in [2.24, 2.45) is 0 Å². The number of benzene rings is 2. The topological polar surface area (TPSA) is 84.9 Å². The summed E-state index contributed by atoms with van der Waals surface area (Å²) in [4.78, 5) is 12.7. The second kappa shape index (κ2) is 10.0. The Kier molecular flexibility index (Phi) is 7.95. The van der Waals surface area contributed by atoms with Crippen molar-refractivity contribution in [3.63, 3.8) is 0 Å². The van der Waals surface area contributed by atoms with E-state index in [0.717, 1.165) is 21.9 Å². The molecule has 0 radical (unpaired) electrons. The predicted molar refractivity (Wildman–Crippen MR) is 123 cm³/mol. The molecule has 1 atom stereocenters. The monoisotopic (exact) mass is 448 g/mol. The average Bonchev–Trinajstić information content (AvgIpc) is 2.70. The molecule has 2 rings (SSSR count). The highest BCUT2D eigenvalue weighted by atomic mass is 32.2. The van der Waals surface area contributed by atoms with Gasteiger partial charge in [-0.3, -0.25) is 9.10 Å². The van der Waals surface area contributed by atoms with Gasteiger partial charge in [-0.15, -0.1) is 0 Å². The molecule has 0 bridgehead atoms. The van der Waals surface area contributed by atoms with Gasteiger partial charge in [-0.2, -0.15) is 0 Å². The molecular formula is C23H32N2O5S. The van der Waals surface area contributed by atoms with Crippen LogP contribution < -0.4 is 19.1 Å². The number of sulfonamides is 1. The van der Waals surface area contributed by atoms with Gasteiger partial charge >= 0.3 is 0 Å². The van der Waals surface area contributed by atoms with E-state index in [-0.39, 0.29) is 18.6 Å². The number of hydrogen-bond donors (Lipinski definition) is 1. The second-order valence-corrected chi connectivity index (χ2v) is 10.2. The van der Waals surface area contributed by atoms with E-state index in [4.69, 9.17) is 9.47 Å².